The Balaban J connectivity index is 1.49. The predicted octanol–water partition coefficient (Wildman–Crippen LogP) is 3.33. The molecule has 8 nitrogen and oxygen atoms in total. The lowest BCUT2D eigenvalue weighted by Crippen LogP contribution is -2.36. The Morgan fingerprint density at radius 1 is 0.906 bits per heavy atom. The molecule has 1 saturated heterocycles. The molecule has 1 aliphatic rings. The topological polar surface area (TPSA) is 97.3 Å². The van der Waals surface area contributed by atoms with E-state index < -0.39 is 10.0 Å². The molecule has 0 unspecified atom stereocenters. The minimum atomic E-state index is -3.70. The van der Waals surface area contributed by atoms with Crippen molar-refractivity contribution in [3.05, 3.63) is 73.3 Å². The highest BCUT2D eigenvalue weighted by Crippen LogP contribution is 2.30. The SMILES string of the molecule is O=S(=O)(Nc1cncc(-c2ccc3ncnc(N4CCOCC4)c3c2)c1)c1ccccc1. The summed E-state index contributed by atoms with van der Waals surface area (Å²) in [7, 11) is -3.70. The van der Waals surface area contributed by atoms with Gasteiger partial charge in [0, 0.05) is 30.2 Å². The number of nitrogens with zero attached hydrogens (tertiary/aromatic N) is 4. The lowest BCUT2D eigenvalue weighted by atomic mass is 10.0. The molecule has 5 rings (SSSR count). The fourth-order valence-corrected chi connectivity index (χ4v) is 4.77. The Kier molecular flexibility index (Phi) is 5.42. The highest BCUT2D eigenvalue weighted by Gasteiger charge is 2.17. The molecular weight excluding hydrogens is 426 g/mol. The second kappa shape index (κ2) is 8.52. The molecule has 0 spiro atoms. The maximum absolute atomic E-state index is 12.7. The zero-order chi connectivity index (χ0) is 22.0. The minimum absolute atomic E-state index is 0.198. The van der Waals surface area contributed by atoms with E-state index in [4.69, 9.17) is 4.74 Å². The molecule has 1 aliphatic heterocycles. The summed E-state index contributed by atoms with van der Waals surface area (Å²) in [5.74, 6) is 0.869. The lowest BCUT2D eigenvalue weighted by Gasteiger charge is -2.28. The van der Waals surface area contributed by atoms with Crippen LogP contribution in [0.1, 0.15) is 0 Å². The molecule has 1 N–H and O–H groups in total. The van der Waals surface area contributed by atoms with Crippen molar-refractivity contribution in [2.75, 3.05) is 35.9 Å². The Morgan fingerprint density at radius 3 is 2.53 bits per heavy atom. The second-order valence-corrected chi connectivity index (χ2v) is 9.09. The van der Waals surface area contributed by atoms with Crippen LogP contribution in [0.5, 0.6) is 0 Å². The van der Waals surface area contributed by atoms with E-state index in [1.54, 1.807) is 48.9 Å². The van der Waals surface area contributed by atoms with Crippen molar-refractivity contribution in [3.63, 3.8) is 0 Å². The zero-order valence-electron chi connectivity index (χ0n) is 17.2. The first-order chi connectivity index (χ1) is 15.6. The van der Waals surface area contributed by atoms with Gasteiger partial charge in [-0.1, -0.05) is 24.3 Å². The number of fused-ring (bicyclic) bond motifs is 1. The largest absolute Gasteiger partial charge is 0.378 e. The van der Waals surface area contributed by atoms with Gasteiger partial charge in [-0.25, -0.2) is 18.4 Å². The number of rotatable bonds is 5. The molecule has 3 heterocycles. The maximum atomic E-state index is 12.7. The molecule has 32 heavy (non-hydrogen) atoms. The number of hydrogen-bond donors (Lipinski definition) is 1. The molecule has 0 radical (unpaired) electrons. The van der Waals surface area contributed by atoms with Gasteiger partial charge in [0.2, 0.25) is 0 Å². The summed E-state index contributed by atoms with van der Waals surface area (Å²) in [6.45, 7) is 2.88. The van der Waals surface area contributed by atoms with Gasteiger partial charge in [0.15, 0.2) is 0 Å². The molecule has 9 heteroatoms. The normalized spacial score (nSPS) is 14.4. The molecule has 0 atom stereocenters. The number of pyridine rings is 1. The first-order valence-corrected chi connectivity index (χ1v) is 11.7. The van der Waals surface area contributed by atoms with Gasteiger partial charge in [-0.05, 0) is 35.9 Å². The third-order valence-electron chi connectivity index (χ3n) is 5.30. The number of benzene rings is 2. The second-order valence-electron chi connectivity index (χ2n) is 7.41. The first kappa shape index (κ1) is 20.3. The maximum Gasteiger partial charge on any atom is 0.261 e. The molecule has 0 amide bonds. The van der Waals surface area contributed by atoms with Gasteiger partial charge in [0.05, 0.1) is 35.5 Å². The Bertz CT molecular complexity index is 1360. The van der Waals surface area contributed by atoms with Crippen molar-refractivity contribution >= 4 is 32.4 Å². The lowest BCUT2D eigenvalue weighted by molar-refractivity contribution is 0.122. The number of hydrogen-bond acceptors (Lipinski definition) is 7. The van der Waals surface area contributed by atoms with Crippen molar-refractivity contribution < 1.29 is 13.2 Å². The van der Waals surface area contributed by atoms with Gasteiger partial charge in [0.25, 0.3) is 10.0 Å². The van der Waals surface area contributed by atoms with Crippen LogP contribution in [0.15, 0.2) is 78.2 Å². The van der Waals surface area contributed by atoms with Crippen molar-refractivity contribution in [2.24, 2.45) is 0 Å². The third-order valence-corrected chi connectivity index (χ3v) is 6.70. The van der Waals surface area contributed by atoms with Crippen LogP contribution < -0.4 is 9.62 Å². The van der Waals surface area contributed by atoms with E-state index in [2.05, 4.69) is 24.6 Å². The predicted molar refractivity (Wildman–Crippen MR) is 123 cm³/mol. The highest BCUT2D eigenvalue weighted by atomic mass is 32.2. The molecule has 0 aliphatic carbocycles. The molecular formula is C23H21N5O3S. The summed E-state index contributed by atoms with van der Waals surface area (Å²) in [4.78, 5) is 15.5. The minimum Gasteiger partial charge on any atom is -0.378 e. The molecule has 2 aromatic heterocycles. The Labute approximate surface area is 186 Å². The zero-order valence-corrected chi connectivity index (χ0v) is 18.0. The number of sulfonamides is 1. The van der Waals surface area contributed by atoms with Crippen LogP contribution in [0.3, 0.4) is 0 Å². The standard InChI is InChI=1S/C23H21N5O3S/c29-32(30,20-4-2-1-3-5-20)27-19-12-18(14-24-15-19)17-6-7-22-21(13-17)23(26-16-25-22)28-8-10-31-11-9-28/h1-7,12-16,27H,8-11H2. The van der Waals surface area contributed by atoms with Crippen LogP contribution in [-0.4, -0.2) is 49.7 Å². The third kappa shape index (κ3) is 4.12. The van der Waals surface area contributed by atoms with Gasteiger partial charge >= 0.3 is 0 Å². The van der Waals surface area contributed by atoms with Crippen LogP contribution >= 0.6 is 0 Å². The van der Waals surface area contributed by atoms with Gasteiger partial charge < -0.3 is 9.64 Å². The molecule has 1 fully saturated rings. The number of aromatic nitrogens is 3. The monoisotopic (exact) mass is 447 g/mol. The number of ether oxygens (including phenoxy) is 1. The van der Waals surface area contributed by atoms with Crippen LogP contribution in [-0.2, 0) is 14.8 Å². The number of morpholine rings is 1. The fourth-order valence-electron chi connectivity index (χ4n) is 3.72. The summed E-state index contributed by atoms with van der Waals surface area (Å²) < 4.78 is 33.4. The molecule has 0 bridgehead atoms. The van der Waals surface area contributed by atoms with Crippen molar-refractivity contribution in [1.82, 2.24) is 15.0 Å². The molecule has 2 aromatic carbocycles. The van der Waals surface area contributed by atoms with E-state index in [1.807, 2.05) is 18.2 Å². The summed E-state index contributed by atoms with van der Waals surface area (Å²) in [6, 6.07) is 15.9. The summed E-state index contributed by atoms with van der Waals surface area (Å²) >= 11 is 0. The summed E-state index contributed by atoms with van der Waals surface area (Å²) in [6.07, 6.45) is 4.78. The number of nitrogens with one attached hydrogen (secondary N) is 1. The van der Waals surface area contributed by atoms with E-state index in [0.717, 1.165) is 40.9 Å². The fraction of sp³-hybridized carbons (Fsp3) is 0.174. The summed E-state index contributed by atoms with van der Waals surface area (Å²) in [5, 5.41) is 0.933. The van der Waals surface area contributed by atoms with Crippen LogP contribution in [0, 0.1) is 0 Å². The van der Waals surface area contributed by atoms with E-state index in [-0.39, 0.29) is 4.90 Å². The molecule has 0 saturated carbocycles. The van der Waals surface area contributed by atoms with Crippen LogP contribution in [0.4, 0.5) is 11.5 Å². The van der Waals surface area contributed by atoms with Crippen molar-refractivity contribution in [2.45, 2.75) is 4.90 Å². The van der Waals surface area contributed by atoms with E-state index in [1.165, 1.54) is 6.20 Å². The van der Waals surface area contributed by atoms with E-state index in [9.17, 15) is 8.42 Å². The average Bonchev–Trinajstić information content (AvgIpc) is 2.84. The Hall–Kier alpha value is -3.56. The molecule has 162 valence electrons. The quantitative estimate of drug-likeness (QED) is 0.501. The summed E-state index contributed by atoms with van der Waals surface area (Å²) in [5.41, 5.74) is 2.93. The molecule has 4 aromatic rings. The smallest absolute Gasteiger partial charge is 0.261 e. The van der Waals surface area contributed by atoms with Gasteiger partial charge in [0.1, 0.15) is 12.1 Å². The average molecular weight is 448 g/mol. The van der Waals surface area contributed by atoms with Crippen molar-refractivity contribution in [3.8, 4) is 11.1 Å². The highest BCUT2D eigenvalue weighted by molar-refractivity contribution is 7.92. The van der Waals surface area contributed by atoms with E-state index in [0.29, 0.717) is 18.9 Å². The van der Waals surface area contributed by atoms with Crippen LogP contribution in [0.2, 0.25) is 0 Å². The first-order valence-electron chi connectivity index (χ1n) is 10.2. The van der Waals surface area contributed by atoms with Crippen LogP contribution in [0.25, 0.3) is 22.0 Å². The van der Waals surface area contributed by atoms with Gasteiger partial charge in [-0.3, -0.25) is 9.71 Å². The van der Waals surface area contributed by atoms with Crippen molar-refractivity contribution in [1.29, 1.82) is 0 Å². The number of anilines is 2. The van der Waals surface area contributed by atoms with E-state index >= 15 is 0 Å². The van der Waals surface area contributed by atoms with Gasteiger partial charge in [-0.2, -0.15) is 0 Å². The van der Waals surface area contributed by atoms with Gasteiger partial charge in [-0.15, -0.1) is 0 Å². The Morgan fingerprint density at radius 2 is 1.72 bits per heavy atom.